The molecule has 182 valence electrons. The van der Waals surface area contributed by atoms with Gasteiger partial charge in [0.05, 0.1) is 0 Å². The predicted octanol–water partition coefficient (Wildman–Crippen LogP) is 4.14. The van der Waals surface area contributed by atoms with Gasteiger partial charge in [-0.25, -0.2) is 0 Å². The third-order valence-electron chi connectivity index (χ3n) is 8.22. The molecule has 3 fully saturated rings. The number of aliphatic imine (C=N–C) groups is 1. The van der Waals surface area contributed by atoms with Crippen molar-refractivity contribution in [2.24, 2.45) is 16.8 Å². The lowest BCUT2D eigenvalue weighted by Gasteiger charge is -2.29. The first kappa shape index (κ1) is 21.6. The fraction of sp³-hybridized carbons (Fsp3) is 0.414. The summed E-state index contributed by atoms with van der Waals surface area (Å²) in [6.07, 6.45) is 4.29. The Labute approximate surface area is 209 Å². The lowest BCUT2D eigenvalue weighted by Crippen LogP contribution is -2.44. The second-order valence-electron chi connectivity index (χ2n) is 10.8. The summed E-state index contributed by atoms with van der Waals surface area (Å²) in [6.45, 7) is 2.32. The van der Waals surface area contributed by atoms with Crippen molar-refractivity contribution in [3.05, 3.63) is 59.9 Å². The number of aliphatic hydroxyl groups is 1. The zero-order chi connectivity index (χ0) is 24.4. The lowest BCUT2D eigenvalue weighted by atomic mass is 10.0. The van der Waals surface area contributed by atoms with Crippen LogP contribution in [-0.2, 0) is 4.79 Å². The van der Waals surface area contributed by atoms with Gasteiger partial charge in [-0.2, -0.15) is 5.26 Å². The van der Waals surface area contributed by atoms with E-state index in [9.17, 15) is 9.90 Å². The van der Waals surface area contributed by atoms with E-state index >= 15 is 0 Å². The predicted molar refractivity (Wildman–Crippen MR) is 135 cm³/mol. The lowest BCUT2D eigenvalue weighted by molar-refractivity contribution is -0.131. The van der Waals surface area contributed by atoms with Crippen molar-refractivity contribution in [3.8, 4) is 17.2 Å². The van der Waals surface area contributed by atoms with Gasteiger partial charge in [0.2, 0.25) is 11.7 Å². The molecule has 3 aromatic rings. The van der Waals surface area contributed by atoms with Crippen molar-refractivity contribution < 1.29 is 14.3 Å². The van der Waals surface area contributed by atoms with Gasteiger partial charge in [-0.05, 0) is 61.3 Å². The minimum absolute atomic E-state index is 0.258. The average molecular weight is 481 g/mol. The molecule has 1 spiro atoms. The molecule has 0 bridgehead atoms. The molecule has 1 N–H and O–H groups in total. The van der Waals surface area contributed by atoms with Crippen LogP contribution < -0.4 is 0 Å². The summed E-state index contributed by atoms with van der Waals surface area (Å²) in [7, 11) is 0. The Morgan fingerprint density at radius 1 is 1.08 bits per heavy atom. The van der Waals surface area contributed by atoms with E-state index in [0.29, 0.717) is 23.2 Å². The molecule has 2 aliphatic heterocycles. The molecule has 7 nitrogen and oxygen atoms in total. The minimum Gasteiger partial charge on any atom is -0.446 e. The van der Waals surface area contributed by atoms with Crippen molar-refractivity contribution >= 4 is 22.7 Å². The molecule has 36 heavy (non-hydrogen) atoms. The second kappa shape index (κ2) is 7.94. The standard InChI is InChI=1S/C29H28N4O3/c30-15-24-14-23-13-22(7-8-25(23)36-24)19-1-3-20(4-2-19)26-31-29(10-11-29)28(35)33(26)17-18-9-12-32(16-18)27(34)21-5-6-21/h1-4,7-8,13-14,18,21,28,35H,5-6,9-12,16-17H2/t18-,28?/m1/s1. The number of likely N-dealkylation sites (tertiary alicyclic amines) is 1. The van der Waals surface area contributed by atoms with E-state index in [1.165, 1.54) is 0 Å². The number of hydrogen-bond donors (Lipinski definition) is 1. The number of carbonyl (C=O) groups is 1. The summed E-state index contributed by atoms with van der Waals surface area (Å²) in [5, 5.41) is 21.2. The number of hydrogen-bond acceptors (Lipinski definition) is 6. The van der Waals surface area contributed by atoms with Crippen LogP contribution in [0.2, 0.25) is 0 Å². The minimum atomic E-state index is -0.599. The first-order chi connectivity index (χ1) is 17.5. The Balaban J connectivity index is 1.11. The van der Waals surface area contributed by atoms with Gasteiger partial charge in [0.25, 0.3) is 0 Å². The third kappa shape index (κ3) is 3.59. The molecule has 7 rings (SSSR count). The van der Waals surface area contributed by atoms with Crippen molar-refractivity contribution in [1.29, 1.82) is 5.26 Å². The SMILES string of the molecule is N#Cc1cc2cc(-c3ccc(C4=NC5(CC5)C(O)N4C[C@@H]4CCN(C(=O)C5CC5)C4)cc3)ccc2o1. The Hall–Kier alpha value is -3.63. The van der Waals surface area contributed by atoms with E-state index < -0.39 is 6.23 Å². The van der Waals surface area contributed by atoms with Gasteiger partial charge in [0.1, 0.15) is 23.0 Å². The number of benzene rings is 2. The average Bonchev–Trinajstić information content (AvgIpc) is 3.79. The number of rotatable bonds is 5. The number of fused-ring (bicyclic) bond motifs is 1. The Morgan fingerprint density at radius 3 is 2.56 bits per heavy atom. The van der Waals surface area contributed by atoms with Crippen LogP contribution in [0.15, 0.2) is 57.9 Å². The highest BCUT2D eigenvalue weighted by Gasteiger charge is 2.57. The molecule has 1 amide bonds. The number of nitrogens with zero attached hydrogens (tertiary/aromatic N) is 4. The highest BCUT2D eigenvalue weighted by Crippen LogP contribution is 2.49. The molecule has 4 aliphatic rings. The topological polar surface area (TPSA) is 93.1 Å². The molecule has 7 heteroatoms. The van der Waals surface area contributed by atoms with Crippen LogP contribution in [0.1, 0.15) is 43.4 Å². The van der Waals surface area contributed by atoms with Gasteiger partial charge >= 0.3 is 0 Å². The molecule has 2 aliphatic carbocycles. The summed E-state index contributed by atoms with van der Waals surface area (Å²) in [5.74, 6) is 2.10. The maximum Gasteiger partial charge on any atom is 0.225 e. The van der Waals surface area contributed by atoms with Gasteiger partial charge in [0, 0.05) is 42.6 Å². The van der Waals surface area contributed by atoms with Crippen LogP contribution in [0.25, 0.3) is 22.1 Å². The molecule has 1 unspecified atom stereocenters. The van der Waals surface area contributed by atoms with E-state index in [4.69, 9.17) is 14.7 Å². The molecule has 3 heterocycles. The third-order valence-corrected chi connectivity index (χ3v) is 8.22. The first-order valence-electron chi connectivity index (χ1n) is 12.9. The molecule has 2 atom stereocenters. The second-order valence-corrected chi connectivity index (χ2v) is 10.8. The summed E-state index contributed by atoms with van der Waals surface area (Å²) in [5.41, 5.74) is 3.46. The number of amides is 1. The zero-order valence-corrected chi connectivity index (χ0v) is 20.1. The fourth-order valence-corrected chi connectivity index (χ4v) is 5.79. The highest BCUT2D eigenvalue weighted by atomic mass is 16.3. The van der Waals surface area contributed by atoms with Crippen molar-refractivity contribution in [2.75, 3.05) is 19.6 Å². The molecule has 1 saturated heterocycles. The van der Waals surface area contributed by atoms with Gasteiger partial charge in [0.15, 0.2) is 6.23 Å². The fourth-order valence-electron chi connectivity index (χ4n) is 5.79. The van der Waals surface area contributed by atoms with Gasteiger partial charge in [-0.1, -0.05) is 30.3 Å². The first-order valence-corrected chi connectivity index (χ1v) is 12.9. The molecule has 0 radical (unpaired) electrons. The van der Waals surface area contributed by atoms with Crippen LogP contribution in [0, 0.1) is 23.2 Å². The Kier molecular flexibility index (Phi) is 4.77. The van der Waals surface area contributed by atoms with Gasteiger partial charge in [-0.15, -0.1) is 0 Å². The highest BCUT2D eigenvalue weighted by molar-refractivity contribution is 6.01. The normalized spacial score (nSPS) is 24.4. The number of furan rings is 1. The number of carbonyl (C=O) groups excluding carboxylic acids is 1. The Morgan fingerprint density at radius 2 is 1.83 bits per heavy atom. The smallest absolute Gasteiger partial charge is 0.225 e. The molecule has 1 aromatic heterocycles. The number of amidine groups is 1. The van der Waals surface area contributed by atoms with Crippen molar-refractivity contribution in [3.63, 3.8) is 0 Å². The summed E-state index contributed by atoms with van der Waals surface area (Å²) in [4.78, 5) is 21.6. The number of nitriles is 1. The quantitative estimate of drug-likeness (QED) is 0.592. The molecular formula is C29H28N4O3. The van der Waals surface area contributed by atoms with E-state index in [0.717, 1.165) is 79.7 Å². The largest absolute Gasteiger partial charge is 0.446 e. The van der Waals surface area contributed by atoms with Crippen LogP contribution >= 0.6 is 0 Å². The summed E-state index contributed by atoms with van der Waals surface area (Å²) < 4.78 is 5.50. The van der Waals surface area contributed by atoms with Crippen LogP contribution in [0.4, 0.5) is 0 Å². The van der Waals surface area contributed by atoms with E-state index in [1.807, 2.05) is 23.1 Å². The molecule has 2 aromatic carbocycles. The van der Waals surface area contributed by atoms with E-state index in [2.05, 4.69) is 35.2 Å². The monoisotopic (exact) mass is 480 g/mol. The maximum absolute atomic E-state index is 12.5. The van der Waals surface area contributed by atoms with Crippen molar-refractivity contribution in [1.82, 2.24) is 9.80 Å². The van der Waals surface area contributed by atoms with E-state index in [-0.39, 0.29) is 11.5 Å². The number of aliphatic hydroxyl groups excluding tert-OH is 1. The molecule has 2 saturated carbocycles. The van der Waals surface area contributed by atoms with Gasteiger partial charge < -0.3 is 19.3 Å². The summed E-state index contributed by atoms with van der Waals surface area (Å²) in [6, 6.07) is 18.1. The van der Waals surface area contributed by atoms with Crippen LogP contribution in [-0.4, -0.2) is 58.1 Å². The molecular weight excluding hydrogens is 452 g/mol. The summed E-state index contributed by atoms with van der Waals surface area (Å²) >= 11 is 0. The van der Waals surface area contributed by atoms with E-state index in [1.54, 1.807) is 6.07 Å². The zero-order valence-electron chi connectivity index (χ0n) is 20.1. The maximum atomic E-state index is 12.5. The van der Waals surface area contributed by atoms with Crippen LogP contribution in [0.3, 0.4) is 0 Å². The van der Waals surface area contributed by atoms with Crippen LogP contribution in [0.5, 0.6) is 0 Å². The van der Waals surface area contributed by atoms with Gasteiger partial charge in [-0.3, -0.25) is 9.79 Å². The van der Waals surface area contributed by atoms with Crippen molar-refractivity contribution in [2.45, 2.75) is 43.9 Å². The Bertz CT molecular complexity index is 1420.